The molecule has 25 heavy (non-hydrogen) atoms. The zero-order valence-corrected chi connectivity index (χ0v) is 14.0. The molecule has 0 unspecified atom stereocenters. The van der Waals surface area contributed by atoms with Crippen LogP contribution in [0.3, 0.4) is 0 Å². The molecule has 0 N–H and O–H groups in total. The normalized spacial score (nSPS) is 14.4. The van der Waals surface area contributed by atoms with E-state index in [-0.39, 0.29) is 11.8 Å². The average Bonchev–Trinajstić information content (AvgIpc) is 3.19. The Labute approximate surface area is 145 Å². The highest BCUT2D eigenvalue weighted by Crippen LogP contribution is 2.14. The molecule has 3 rings (SSSR count). The quantitative estimate of drug-likeness (QED) is 0.761. The Balaban J connectivity index is 1.48. The van der Waals surface area contributed by atoms with E-state index in [1.54, 1.807) is 41.2 Å². The molecule has 1 fully saturated rings. The second kappa shape index (κ2) is 7.73. The van der Waals surface area contributed by atoms with E-state index >= 15 is 0 Å². The Morgan fingerprint density at radius 3 is 2.36 bits per heavy atom. The Morgan fingerprint density at radius 2 is 1.76 bits per heavy atom. The van der Waals surface area contributed by atoms with Crippen LogP contribution in [0.5, 0.6) is 5.75 Å². The van der Waals surface area contributed by atoms with E-state index in [4.69, 9.17) is 4.74 Å². The van der Waals surface area contributed by atoms with Crippen LogP contribution in [0.15, 0.2) is 30.6 Å². The molecule has 9 nitrogen and oxygen atoms in total. The van der Waals surface area contributed by atoms with Gasteiger partial charge < -0.3 is 14.5 Å². The summed E-state index contributed by atoms with van der Waals surface area (Å²) >= 11 is 0. The molecule has 1 aromatic heterocycles. The lowest BCUT2D eigenvalue weighted by Gasteiger charge is -2.35. The van der Waals surface area contributed by atoms with Crippen molar-refractivity contribution in [3.8, 4) is 5.75 Å². The van der Waals surface area contributed by atoms with Crippen LogP contribution < -0.4 is 4.74 Å². The molecule has 2 amide bonds. The lowest BCUT2D eigenvalue weighted by molar-refractivity contribution is -0.132. The highest BCUT2D eigenvalue weighted by Gasteiger charge is 2.24. The van der Waals surface area contributed by atoms with E-state index in [1.807, 2.05) is 0 Å². The number of tetrazole rings is 1. The standard InChI is InChI=1S/C16H20N6O3/c1-25-14-4-2-13(3-5-14)16(24)21-10-8-20(9-11-21)15(23)6-7-22-12-17-18-19-22/h2-5,12H,6-11H2,1H3. The van der Waals surface area contributed by atoms with Gasteiger partial charge >= 0.3 is 0 Å². The van der Waals surface area contributed by atoms with E-state index < -0.39 is 0 Å². The van der Waals surface area contributed by atoms with Gasteiger partial charge in [0.2, 0.25) is 5.91 Å². The number of rotatable bonds is 5. The van der Waals surface area contributed by atoms with Crippen molar-refractivity contribution in [3.63, 3.8) is 0 Å². The van der Waals surface area contributed by atoms with Crippen LogP contribution in [0.2, 0.25) is 0 Å². The summed E-state index contributed by atoms with van der Waals surface area (Å²) < 4.78 is 6.63. The van der Waals surface area contributed by atoms with Gasteiger partial charge in [-0.15, -0.1) is 5.10 Å². The van der Waals surface area contributed by atoms with Crippen LogP contribution in [-0.4, -0.2) is 75.1 Å². The van der Waals surface area contributed by atoms with Crippen LogP contribution in [0.1, 0.15) is 16.8 Å². The summed E-state index contributed by atoms with van der Waals surface area (Å²) in [5, 5.41) is 10.8. The number of hydrogen-bond acceptors (Lipinski definition) is 6. The summed E-state index contributed by atoms with van der Waals surface area (Å²) in [6.07, 6.45) is 1.83. The van der Waals surface area contributed by atoms with Gasteiger partial charge in [0, 0.05) is 38.2 Å². The van der Waals surface area contributed by atoms with Gasteiger partial charge in [-0.1, -0.05) is 0 Å². The van der Waals surface area contributed by atoms with Crippen molar-refractivity contribution in [2.45, 2.75) is 13.0 Å². The number of nitrogens with zero attached hydrogens (tertiary/aromatic N) is 6. The van der Waals surface area contributed by atoms with E-state index in [1.165, 1.54) is 11.0 Å². The minimum atomic E-state index is -0.0246. The second-order valence-electron chi connectivity index (χ2n) is 5.72. The van der Waals surface area contributed by atoms with Crippen molar-refractivity contribution in [2.75, 3.05) is 33.3 Å². The maximum Gasteiger partial charge on any atom is 0.253 e. The van der Waals surface area contributed by atoms with Crippen molar-refractivity contribution in [3.05, 3.63) is 36.2 Å². The Kier molecular flexibility index (Phi) is 5.22. The molecule has 1 aliphatic rings. The summed E-state index contributed by atoms with van der Waals surface area (Å²) in [5.41, 5.74) is 0.624. The highest BCUT2D eigenvalue weighted by molar-refractivity contribution is 5.94. The van der Waals surface area contributed by atoms with Crippen LogP contribution in [-0.2, 0) is 11.3 Å². The Bertz CT molecular complexity index is 708. The first kappa shape index (κ1) is 16.9. The summed E-state index contributed by atoms with van der Waals surface area (Å²) in [6.45, 7) is 2.59. The molecule has 0 bridgehead atoms. The van der Waals surface area contributed by atoms with Crippen molar-refractivity contribution >= 4 is 11.8 Å². The molecule has 0 saturated carbocycles. The van der Waals surface area contributed by atoms with E-state index in [9.17, 15) is 9.59 Å². The SMILES string of the molecule is COc1ccc(C(=O)N2CCN(C(=O)CCn3cnnn3)CC2)cc1. The number of amides is 2. The fourth-order valence-electron chi connectivity index (χ4n) is 2.73. The molecule has 0 aliphatic carbocycles. The molecule has 0 atom stereocenters. The molecule has 0 spiro atoms. The molecule has 0 radical (unpaired) electrons. The Hall–Kier alpha value is -2.97. The number of carbonyl (C=O) groups excluding carboxylic acids is 2. The Morgan fingerprint density at radius 1 is 1.08 bits per heavy atom. The van der Waals surface area contributed by atoms with E-state index in [2.05, 4.69) is 15.5 Å². The van der Waals surface area contributed by atoms with Gasteiger partial charge in [0.25, 0.3) is 5.91 Å². The number of ether oxygens (including phenoxy) is 1. The third kappa shape index (κ3) is 4.11. The lowest BCUT2D eigenvalue weighted by Crippen LogP contribution is -2.50. The molecule has 9 heteroatoms. The molecular weight excluding hydrogens is 324 g/mol. The number of hydrogen-bond donors (Lipinski definition) is 0. The molecular formula is C16H20N6O3. The van der Waals surface area contributed by atoms with E-state index in [0.29, 0.717) is 44.7 Å². The van der Waals surface area contributed by atoms with Gasteiger partial charge in [-0.2, -0.15) is 0 Å². The van der Waals surface area contributed by atoms with Gasteiger partial charge in [-0.25, -0.2) is 4.68 Å². The first-order chi connectivity index (χ1) is 12.2. The molecule has 2 heterocycles. The molecule has 1 saturated heterocycles. The van der Waals surface area contributed by atoms with Crippen molar-refractivity contribution in [2.24, 2.45) is 0 Å². The highest BCUT2D eigenvalue weighted by atomic mass is 16.5. The predicted molar refractivity (Wildman–Crippen MR) is 87.9 cm³/mol. The van der Waals surface area contributed by atoms with Gasteiger partial charge in [-0.05, 0) is 34.7 Å². The topological polar surface area (TPSA) is 93.5 Å². The van der Waals surface area contributed by atoms with Crippen molar-refractivity contribution < 1.29 is 14.3 Å². The fourth-order valence-corrected chi connectivity index (χ4v) is 2.73. The zero-order valence-electron chi connectivity index (χ0n) is 14.0. The maximum atomic E-state index is 12.5. The molecule has 132 valence electrons. The summed E-state index contributed by atoms with van der Waals surface area (Å²) in [5.74, 6) is 0.741. The molecule has 2 aromatic rings. The summed E-state index contributed by atoms with van der Waals surface area (Å²) in [7, 11) is 1.59. The van der Waals surface area contributed by atoms with Crippen molar-refractivity contribution in [1.82, 2.24) is 30.0 Å². The summed E-state index contributed by atoms with van der Waals surface area (Å²) in [4.78, 5) is 28.3. The third-order valence-corrected chi connectivity index (χ3v) is 4.20. The van der Waals surface area contributed by atoms with Crippen molar-refractivity contribution in [1.29, 1.82) is 0 Å². The van der Waals surface area contributed by atoms with Gasteiger partial charge in [-0.3, -0.25) is 9.59 Å². The number of aromatic nitrogens is 4. The largest absolute Gasteiger partial charge is 0.497 e. The number of methoxy groups -OCH3 is 1. The lowest BCUT2D eigenvalue weighted by atomic mass is 10.1. The summed E-state index contributed by atoms with van der Waals surface area (Å²) in [6, 6.07) is 7.05. The number of benzene rings is 1. The number of piperazine rings is 1. The van der Waals surface area contributed by atoms with Crippen LogP contribution >= 0.6 is 0 Å². The zero-order chi connectivity index (χ0) is 17.6. The van der Waals surface area contributed by atoms with Crippen LogP contribution in [0.4, 0.5) is 0 Å². The van der Waals surface area contributed by atoms with E-state index in [0.717, 1.165) is 5.75 Å². The van der Waals surface area contributed by atoms with Gasteiger partial charge in [0.05, 0.1) is 13.7 Å². The van der Waals surface area contributed by atoms with Crippen LogP contribution in [0, 0.1) is 0 Å². The third-order valence-electron chi connectivity index (χ3n) is 4.20. The minimum absolute atomic E-state index is 0.0246. The molecule has 1 aromatic carbocycles. The smallest absolute Gasteiger partial charge is 0.253 e. The minimum Gasteiger partial charge on any atom is -0.497 e. The van der Waals surface area contributed by atoms with Gasteiger partial charge in [0.15, 0.2) is 0 Å². The van der Waals surface area contributed by atoms with Gasteiger partial charge in [0.1, 0.15) is 12.1 Å². The maximum absolute atomic E-state index is 12.5. The average molecular weight is 344 g/mol. The second-order valence-corrected chi connectivity index (χ2v) is 5.72. The van der Waals surface area contributed by atoms with Crippen LogP contribution in [0.25, 0.3) is 0 Å². The number of aryl methyl sites for hydroxylation is 1. The molecule has 1 aliphatic heterocycles. The first-order valence-electron chi connectivity index (χ1n) is 8.09. The first-order valence-corrected chi connectivity index (χ1v) is 8.09. The number of carbonyl (C=O) groups is 2. The monoisotopic (exact) mass is 344 g/mol. The predicted octanol–water partition coefficient (Wildman–Crippen LogP) is 0.0564. The fraction of sp³-hybridized carbons (Fsp3) is 0.438.